The van der Waals surface area contributed by atoms with Gasteiger partial charge in [0.25, 0.3) is 0 Å². The number of halogens is 3. The molecule has 0 heterocycles. The third-order valence-electron chi connectivity index (χ3n) is 3.67. The Morgan fingerprint density at radius 1 is 1.38 bits per heavy atom. The molecule has 8 heteroatoms. The number of amides is 1. The third-order valence-corrected chi connectivity index (χ3v) is 4.49. The Kier molecular flexibility index (Phi) is 4.56. The lowest BCUT2D eigenvalue weighted by atomic mass is 9.61. The third kappa shape index (κ3) is 2.91. The molecule has 4 N–H and O–H groups in total. The molecule has 0 aliphatic heterocycles. The molecular formula is C13H14Cl3N3O2. The normalized spacial score (nSPS) is 25.3. The highest BCUT2D eigenvalue weighted by Crippen LogP contribution is 2.47. The molecule has 0 unspecified atom stereocenters. The minimum Gasteiger partial charge on any atom is -0.409 e. The highest BCUT2D eigenvalue weighted by molar-refractivity contribution is 6.42. The van der Waals surface area contributed by atoms with Crippen molar-refractivity contribution in [2.75, 3.05) is 5.32 Å². The molecule has 1 fully saturated rings. The molecule has 0 aromatic heterocycles. The van der Waals surface area contributed by atoms with Gasteiger partial charge < -0.3 is 16.3 Å². The molecule has 1 saturated carbocycles. The van der Waals surface area contributed by atoms with E-state index in [9.17, 15) is 4.79 Å². The largest absolute Gasteiger partial charge is 0.409 e. The molecule has 2 rings (SSSR count). The van der Waals surface area contributed by atoms with E-state index in [1.807, 2.05) is 6.92 Å². The second kappa shape index (κ2) is 5.91. The van der Waals surface area contributed by atoms with Gasteiger partial charge in [-0.25, -0.2) is 0 Å². The molecule has 0 saturated heterocycles. The average molecular weight is 351 g/mol. The fraction of sp³-hybridized carbons (Fsp3) is 0.385. The molecule has 114 valence electrons. The first-order chi connectivity index (χ1) is 9.80. The fourth-order valence-corrected chi connectivity index (χ4v) is 3.54. The van der Waals surface area contributed by atoms with Crippen molar-refractivity contribution >= 4 is 52.2 Å². The smallest absolute Gasteiger partial charge is 0.238 e. The molecule has 1 aliphatic carbocycles. The number of anilines is 1. The van der Waals surface area contributed by atoms with E-state index >= 15 is 0 Å². The van der Waals surface area contributed by atoms with Crippen molar-refractivity contribution in [1.29, 1.82) is 0 Å². The summed E-state index contributed by atoms with van der Waals surface area (Å²) in [4.78, 5) is 12.5. The number of benzene rings is 1. The number of rotatable bonds is 3. The Labute approximate surface area is 137 Å². The molecule has 21 heavy (non-hydrogen) atoms. The summed E-state index contributed by atoms with van der Waals surface area (Å²) in [5.41, 5.74) is 4.92. The summed E-state index contributed by atoms with van der Waals surface area (Å²) in [6.45, 7) is 1.98. The van der Waals surface area contributed by atoms with E-state index in [-0.39, 0.29) is 21.6 Å². The lowest BCUT2D eigenvalue weighted by Gasteiger charge is -2.43. The van der Waals surface area contributed by atoms with Crippen LogP contribution in [-0.2, 0) is 4.79 Å². The second-order valence-electron chi connectivity index (χ2n) is 5.28. The van der Waals surface area contributed by atoms with Gasteiger partial charge in [-0.05, 0) is 30.9 Å². The molecular weight excluding hydrogens is 337 g/mol. The SMILES string of the molecule is CC1CC(C(=O)Nc2c(Cl)cc(Cl)cc2Cl)(C(N)=NO)C1. The Bertz CT molecular complexity index is 590. The topological polar surface area (TPSA) is 87.7 Å². The number of hydrogen-bond acceptors (Lipinski definition) is 3. The van der Waals surface area contributed by atoms with Crippen LogP contribution in [-0.4, -0.2) is 17.0 Å². The summed E-state index contributed by atoms with van der Waals surface area (Å²) < 4.78 is 0. The molecule has 0 atom stereocenters. The van der Waals surface area contributed by atoms with Gasteiger partial charge in [-0.3, -0.25) is 4.79 Å². The zero-order valence-electron chi connectivity index (χ0n) is 11.2. The zero-order valence-corrected chi connectivity index (χ0v) is 13.4. The molecule has 1 aliphatic rings. The summed E-state index contributed by atoms with van der Waals surface area (Å²) in [7, 11) is 0. The summed E-state index contributed by atoms with van der Waals surface area (Å²) in [5, 5.41) is 15.3. The first-order valence-electron chi connectivity index (χ1n) is 6.24. The van der Waals surface area contributed by atoms with Gasteiger partial charge in [0.15, 0.2) is 5.84 Å². The van der Waals surface area contributed by atoms with Crippen LogP contribution < -0.4 is 11.1 Å². The molecule has 1 aromatic rings. The summed E-state index contributed by atoms with van der Waals surface area (Å²) in [6, 6.07) is 2.95. The number of nitrogens with zero attached hydrogens (tertiary/aromatic N) is 1. The van der Waals surface area contributed by atoms with Crippen LogP contribution >= 0.6 is 34.8 Å². The average Bonchev–Trinajstić information content (AvgIpc) is 2.37. The van der Waals surface area contributed by atoms with Crippen molar-refractivity contribution in [3.63, 3.8) is 0 Å². The molecule has 1 amide bonds. The molecule has 0 radical (unpaired) electrons. The van der Waals surface area contributed by atoms with Crippen molar-refractivity contribution in [3.05, 3.63) is 27.2 Å². The minimum atomic E-state index is -1.03. The van der Waals surface area contributed by atoms with E-state index in [1.165, 1.54) is 12.1 Å². The number of carbonyl (C=O) groups excluding carboxylic acids is 1. The maximum Gasteiger partial charge on any atom is 0.238 e. The van der Waals surface area contributed by atoms with Crippen LogP contribution in [0.5, 0.6) is 0 Å². The Hall–Kier alpha value is -1.17. The van der Waals surface area contributed by atoms with Gasteiger partial charge >= 0.3 is 0 Å². The summed E-state index contributed by atoms with van der Waals surface area (Å²) >= 11 is 17.9. The molecule has 1 aromatic carbocycles. The van der Waals surface area contributed by atoms with E-state index in [0.29, 0.717) is 23.8 Å². The van der Waals surface area contributed by atoms with Crippen LogP contribution in [0.15, 0.2) is 17.3 Å². The number of nitrogens with one attached hydrogen (secondary N) is 1. The lowest BCUT2D eigenvalue weighted by molar-refractivity contribution is -0.127. The Morgan fingerprint density at radius 3 is 2.33 bits per heavy atom. The van der Waals surface area contributed by atoms with Crippen molar-refractivity contribution < 1.29 is 10.0 Å². The van der Waals surface area contributed by atoms with Gasteiger partial charge in [-0.2, -0.15) is 0 Å². The van der Waals surface area contributed by atoms with Crippen LogP contribution in [0.4, 0.5) is 5.69 Å². The van der Waals surface area contributed by atoms with Crippen molar-refractivity contribution in [2.24, 2.45) is 22.2 Å². The lowest BCUT2D eigenvalue weighted by Crippen LogP contribution is -2.54. The number of carbonyl (C=O) groups is 1. The van der Waals surface area contributed by atoms with Crippen LogP contribution in [0.2, 0.25) is 15.1 Å². The molecule has 5 nitrogen and oxygen atoms in total. The standard InChI is InChI=1S/C13H14Cl3N3O2/c1-6-4-13(5-6,11(17)19-21)12(20)18-10-8(15)2-7(14)3-9(10)16/h2-3,6,21H,4-5H2,1H3,(H2,17,19)(H,18,20). The van der Waals surface area contributed by atoms with Gasteiger partial charge in [-0.15, -0.1) is 0 Å². The summed E-state index contributed by atoms with van der Waals surface area (Å²) in [5.74, 6) is -0.200. The van der Waals surface area contributed by atoms with Crippen molar-refractivity contribution in [3.8, 4) is 0 Å². The highest BCUT2D eigenvalue weighted by atomic mass is 35.5. The van der Waals surface area contributed by atoms with E-state index in [0.717, 1.165) is 0 Å². The van der Waals surface area contributed by atoms with Gasteiger partial charge in [0.2, 0.25) is 5.91 Å². The number of nitrogens with two attached hydrogens (primary N) is 1. The first kappa shape index (κ1) is 16.2. The zero-order chi connectivity index (χ0) is 15.8. The van der Waals surface area contributed by atoms with E-state index in [4.69, 9.17) is 45.7 Å². The van der Waals surface area contributed by atoms with Crippen molar-refractivity contribution in [1.82, 2.24) is 0 Å². The quantitative estimate of drug-likeness (QED) is 0.336. The van der Waals surface area contributed by atoms with Crippen LogP contribution in [0, 0.1) is 11.3 Å². The monoisotopic (exact) mass is 349 g/mol. The predicted octanol–water partition coefficient (Wildman–Crippen LogP) is 3.75. The van der Waals surface area contributed by atoms with Crippen molar-refractivity contribution in [2.45, 2.75) is 19.8 Å². The fourth-order valence-electron chi connectivity index (χ4n) is 2.63. The number of oxime groups is 1. The maximum atomic E-state index is 12.5. The minimum absolute atomic E-state index is 0.112. The van der Waals surface area contributed by atoms with Crippen LogP contribution in [0.25, 0.3) is 0 Å². The van der Waals surface area contributed by atoms with Gasteiger partial charge in [0, 0.05) is 5.02 Å². The maximum absolute atomic E-state index is 12.5. The predicted molar refractivity (Wildman–Crippen MR) is 84.3 cm³/mol. The Balaban J connectivity index is 2.29. The van der Waals surface area contributed by atoms with Gasteiger partial charge in [-0.1, -0.05) is 46.9 Å². The molecule has 0 bridgehead atoms. The first-order valence-corrected chi connectivity index (χ1v) is 7.37. The van der Waals surface area contributed by atoms with Crippen LogP contribution in [0.1, 0.15) is 19.8 Å². The second-order valence-corrected chi connectivity index (χ2v) is 6.53. The number of amidine groups is 1. The van der Waals surface area contributed by atoms with Gasteiger partial charge in [0.05, 0.1) is 15.7 Å². The number of hydrogen-bond donors (Lipinski definition) is 3. The van der Waals surface area contributed by atoms with E-state index in [1.54, 1.807) is 0 Å². The highest BCUT2D eigenvalue weighted by Gasteiger charge is 2.52. The van der Waals surface area contributed by atoms with E-state index in [2.05, 4.69) is 10.5 Å². The summed E-state index contributed by atoms with van der Waals surface area (Å²) in [6.07, 6.45) is 0.995. The molecule has 0 spiro atoms. The van der Waals surface area contributed by atoms with E-state index < -0.39 is 11.3 Å². The van der Waals surface area contributed by atoms with Crippen LogP contribution in [0.3, 0.4) is 0 Å². The Morgan fingerprint density at radius 2 is 1.90 bits per heavy atom. The van der Waals surface area contributed by atoms with Gasteiger partial charge in [0.1, 0.15) is 5.41 Å².